The first-order valence-electron chi connectivity index (χ1n) is 8.37. The van der Waals surface area contributed by atoms with Crippen molar-refractivity contribution in [2.24, 2.45) is 5.92 Å². The van der Waals surface area contributed by atoms with E-state index in [9.17, 15) is 4.79 Å². The highest BCUT2D eigenvalue weighted by Crippen LogP contribution is 2.30. The quantitative estimate of drug-likeness (QED) is 0.902. The van der Waals surface area contributed by atoms with E-state index >= 15 is 0 Å². The van der Waals surface area contributed by atoms with Gasteiger partial charge in [-0.3, -0.25) is 4.79 Å². The average Bonchev–Trinajstić information content (AvgIpc) is 3.38. The molecule has 114 valence electrons. The van der Waals surface area contributed by atoms with Crippen LogP contribution in [0.2, 0.25) is 0 Å². The van der Waals surface area contributed by atoms with Crippen molar-refractivity contribution < 1.29 is 4.79 Å². The summed E-state index contributed by atoms with van der Waals surface area (Å²) in [5.41, 5.74) is 2.62. The van der Waals surface area contributed by atoms with Crippen molar-refractivity contribution in [3.63, 3.8) is 0 Å². The standard InChI is InChI=1S/C18H26N2O/c1-2-14-5-7-15(8-6-14)13-20(17-9-10-17)18(21)16-4-3-11-19-12-16/h5-8,16-17,19H,2-4,9-13H2,1H3/t16-/m0/s1. The molecule has 0 radical (unpaired) electrons. The molecule has 0 unspecified atom stereocenters. The molecule has 1 aliphatic heterocycles. The SMILES string of the molecule is CCc1ccc(CN(C(=O)[C@H]2CCCNC2)C2CC2)cc1. The summed E-state index contributed by atoms with van der Waals surface area (Å²) in [4.78, 5) is 14.9. The van der Waals surface area contributed by atoms with Crippen LogP contribution in [0.5, 0.6) is 0 Å². The normalized spacial score (nSPS) is 22.0. The van der Waals surface area contributed by atoms with Crippen molar-refractivity contribution in [1.82, 2.24) is 10.2 Å². The zero-order valence-corrected chi connectivity index (χ0v) is 13.0. The monoisotopic (exact) mass is 286 g/mol. The number of hydrogen-bond donors (Lipinski definition) is 1. The van der Waals surface area contributed by atoms with E-state index in [0.29, 0.717) is 11.9 Å². The second kappa shape index (κ2) is 6.61. The molecule has 0 aromatic heterocycles. The highest BCUT2D eigenvalue weighted by atomic mass is 16.2. The van der Waals surface area contributed by atoms with Gasteiger partial charge in [0, 0.05) is 19.1 Å². The maximum atomic E-state index is 12.8. The Kier molecular flexibility index (Phi) is 4.59. The van der Waals surface area contributed by atoms with Crippen molar-refractivity contribution >= 4 is 5.91 Å². The van der Waals surface area contributed by atoms with Gasteiger partial charge in [0.25, 0.3) is 0 Å². The van der Waals surface area contributed by atoms with Gasteiger partial charge in [0.2, 0.25) is 5.91 Å². The lowest BCUT2D eigenvalue weighted by molar-refractivity contribution is -0.137. The third kappa shape index (κ3) is 3.65. The first-order valence-corrected chi connectivity index (χ1v) is 8.37. The number of nitrogens with one attached hydrogen (secondary N) is 1. The second-order valence-corrected chi connectivity index (χ2v) is 6.41. The summed E-state index contributed by atoms with van der Waals surface area (Å²) in [5, 5.41) is 3.36. The van der Waals surface area contributed by atoms with Gasteiger partial charge in [-0.05, 0) is 49.8 Å². The number of amides is 1. The third-order valence-electron chi connectivity index (χ3n) is 4.70. The van der Waals surface area contributed by atoms with E-state index < -0.39 is 0 Å². The Bertz CT molecular complexity index is 472. The lowest BCUT2D eigenvalue weighted by atomic mass is 9.97. The Morgan fingerprint density at radius 1 is 1.19 bits per heavy atom. The van der Waals surface area contributed by atoms with E-state index in [1.165, 1.54) is 24.0 Å². The zero-order chi connectivity index (χ0) is 14.7. The number of aryl methyl sites for hydroxylation is 1. The molecule has 1 amide bonds. The summed E-state index contributed by atoms with van der Waals surface area (Å²) in [7, 11) is 0. The van der Waals surface area contributed by atoms with Gasteiger partial charge in [-0.1, -0.05) is 31.2 Å². The van der Waals surface area contributed by atoms with Gasteiger partial charge in [0.15, 0.2) is 0 Å². The van der Waals surface area contributed by atoms with E-state index in [-0.39, 0.29) is 5.92 Å². The molecule has 1 atom stereocenters. The maximum Gasteiger partial charge on any atom is 0.227 e. The first kappa shape index (κ1) is 14.6. The summed E-state index contributed by atoms with van der Waals surface area (Å²) in [5.74, 6) is 0.554. The van der Waals surface area contributed by atoms with E-state index in [0.717, 1.165) is 38.9 Å². The van der Waals surface area contributed by atoms with Gasteiger partial charge in [-0.15, -0.1) is 0 Å². The van der Waals surface area contributed by atoms with Crippen LogP contribution in [0.15, 0.2) is 24.3 Å². The predicted molar refractivity (Wildman–Crippen MR) is 85.0 cm³/mol. The van der Waals surface area contributed by atoms with Crippen LogP contribution < -0.4 is 5.32 Å². The number of carbonyl (C=O) groups is 1. The van der Waals surface area contributed by atoms with Gasteiger partial charge >= 0.3 is 0 Å². The van der Waals surface area contributed by atoms with E-state index in [2.05, 4.69) is 41.4 Å². The summed E-state index contributed by atoms with van der Waals surface area (Å²) in [6, 6.07) is 9.23. The number of piperidine rings is 1. The lowest BCUT2D eigenvalue weighted by Crippen LogP contribution is -2.43. The van der Waals surface area contributed by atoms with Crippen LogP contribution in [0.3, 0.4) is 0 Å². The molecule has 3 rings (SSSR count). The van der Waals surface area contributed by atoms with E-state index in [1.54, 1.807) is 0 Å². The molecular formula is C18H26N2O. The Morgan fingerprint density at radius 3 is 2.48 bits per heavy atom. The molecule has 1 N–H and O–H groups in total. The minimum atomic E-state index is 0.189. The fourth-order valence-electron chi connectivity index (χ4n) is 3.15. The molecule has 2 fully saturated rings. The molecule has 1 aromatic rings. The Morgan fingerprint density at radius 2 is 1.90 bits per heavy atom. The van der Waals surface area contributed by atoms with E-state index in [1.807, 2.05) is 0 Å². The summed E-state index contributed by atoms with van der Waals surface area (Å²) in [6.07, 6.45) is 5.60. The predicted octanol–water partition coefficient (Wildman–Crippen LogP) is 2.74. The highest BCUT2D eigenvalue weighted by Gasteiger charge is 2.36. The van der Waals surface area contributed by atoms with Crippen molar-refractivity contribution in [3.05, 3.63) is 35.4 Å². The molecule has 21 heavy (non-hydrogen) atoms. The number of rotatable bonds is 5. The Hall–Kier alpha value is -1.35. The van der Waals surface area contributed by atoms with Crippen molar-refractivity contribution in [2.45, 2.75) is 51.6 Å². The molecular weight excluding hydrogens is 260 g/mol. The average molecular weight is 286 g/mol. The van der Waals surface area contributed by atoms with Crippen LogP contribution in [-0.2, 0) is 17.8 Å². The lowest BCUT2D eigenvalue weighted by Gasteiger charge is -2.30. The van der Waals surface area contributed by atoms with Gasteiger partial charge < -0.3 is 10.2 Å². The number of hydrogen-bond acceptors (Lipinski definition) is 2. The minimum Gasteiger partial charge on any atom is -0.335 e. The molecule has 3 heteroatoms. The minimum absolute atomic E-state index is 0.189. The number of nitrogens with zero attached hydrogens (tertiary/aromatic N) is 1. The third-order valence-corrected chi connectivity index (χ3v) is 4.70. The Labute approximate surface area is 127 Å². The summed E-state index contributed by atoms with van der Waals surface area (Å²) < 4.78 is 0. The molecule has 1 heterocycles. The van der Waals surface area contributed by atoms with Gasteiger partial charge in [-0.25, -0.2) is 0 Å². The van der Waals surface area contributed by atoms with Gasteiger partial charge in [-0.2, -0.15) is 0 Å². The fourth-order valence-corrected chi connectivity index (χ4v) is 3.15. The largest absolute Gasteiger partial charge is 0.335 e. The van der Waals surface area contributed by atoms with Crippen LogP contribution in [0.1, 0.15) is 43.7 Å². The Balaban J connectivity index is 1.67. The molecule has 1 saturated heterocycles. The number of benzene rings is 1. The molecule has 1 aliphatic carbocycles. The van der Waals surface area contributed by atoms with E-state index in [4.69, 9.17) is 0 Å². The number of carbonyl (C=O) groups excluding carboxylic acids is 1. The molecule has 1 aromatic carbocycles. The van der Waals surface area contributed by atoms with Crippen molar-refractivity contribution in [2.75, 3.05) is 13.1 Å². The van der Waals surface area contributed by atoms with Crippen LogP contribution >= 0.6 is 0 Å². The van der Waals surface area contributed by atoms with Crippen LogP contribution in [-0.4, -0.2) is 29.9 Å². The molecule has 0 spiro atoms. The molecule has 2 aliphatic rings. The first-order chi connectivity index (χ1) is 10.3. The van der Waals surface area contributed by atoms with Crippen LogP contribution in [0.4, 0.5) is 0 Å². The van der Waals surface area contributed by atoms with Gasteiger partial charge in [0.1, 0.15) is 0 Å². The van der Waals surface area contributed by atoms with Crippen LogP contribution in [0.25, 0.3) is 0 Å². The van der Waals surface area contributed by atoms with Crippen molar-refractivity contribution in [3.8, 4) is 0 Å². The van der Waals surface area contributed by atoms with Crippen molar-refractivity contribution in [1.29, 1.82) is 0 Å². The second-order valence-electron chi connectivity index (χ2n) is 6.41. The summed E-state index contributed by atoms with van der Waals surface area (Å²) in [6.45, 7) is 4.87. The molecule has 3 nitrogen and oxygen atoms in total. The molecule has 0 bridgehead atoms. The highest BCUT2D eigenvalue weighted by molar-refractivity contribution is 5.79. The summed E-state index contributed by atoms with van der Waals surface area (Å²) >= 11 is 0. The smallest absolute Gasteiger partial charge is 0.227 e. The zero-order valence-electron chi connectivity index (χ0n) is 13.0. The van der Waals surface area contributed by atoms with Crippen LogP contribution in [0, 0.1) is 5.92 Å². The molecule has 1 saturated carbocycles. The fraction of sp³-hybridized carbons (Fsp3) is 0.611. The van der Waals surface area contributed by atoms with Gasteiger partial charge in [0.05, 0.1) is 5.92 Å². The maximum absolute atomic E-state index is 12.8. The topological polar surface area (TPSA) is 32.3 Å².